The zero-order chi connectivity index (χ0) is 52.7. The number of para-hydroxylation sites is 2. The Hall–Kier alpha value is -2.61. The molecule has 0 aliphatic heterocycles. The molecule has 0 spiro atoms. The number of nitrogens with zero attached hydrogens (tertiary/aromatic N) is 2. The Morgan fingerprint density at radius 3 is 0.840 bits per heavy atom. The first kappa shape index (κ1) is 70.4. The molecule has 428 valence electrons. The molecule has 3 heteroatoms. The monoisotopic (exact) mass is 1070 g/mol. The molecule has 0 aromatic heterocycles. The van der Waals surface area contributed by atoms with Crippen molar-refractivity contribution in [2.24, 2.45) is 9.98 Å². The molecule has 2 nitrogen and oxygen atoms in total. The van der Waals surface area contributed by atoms with Crippen LogP contribution in [-0.2, 0) is 29.3 Å². The molecule has 2 aromatic rings. The molecule has 0 atom stereocenters. The zero-order valence-electron chi connectivity index (χ0n) is 50.2. The molecule has 0 fully saturated rings. The number of rotatable bonds is 51. The van der Waals surface area contributed by atoms with Gasteiger partial charge in [0.1, 0.15) is 0 Å². The third-order valence-electron chi connectivity index (χ3n) is 15.5. The van der Waals surface area contributed by atoms with Crippen molar-refractivity contribution >= 4 is 22.8 Å². The van der Waals surface area contributed by atoms with E-state index in [1.165, 1.54) is 268 Å². The standard InChI is InChI=1S/C72H120N2.Ni/c1-5-9-12-14-16-18-20-22-24-26-28-30-32-34-36-38-40-42-44-46-48-50-52-54-60-67-62-56-58-65-70(67)73-69(8-4)72(64-11-7-3)74-71-66-59-57-63-68(71)61-55-53-51-49-47-45-43-41-39-37-35-33-31-29-27-25-23-21-19-17-15-13-10-6-2;/h56-59,62-63,65-66H,5-49,54-55,60-61,64H2,1-4H3;. The Balaban J connectivity index is 0.0000281. The fraction of sp³-hybridized carbons (Fsp3) is 0.750. The second kappa shape index (κ2) is 56.1. The molecule has 0 bridgehead atoms. The van der Waals surface area contributed by atoms with Gasteiger partial charge in [0, 0.05) is 42.2 Å². The van der Waals surface area contributed by atoms with Gasteiger partial charge in [0.15, 0.2) is 0 Å². The van der Waals surface area contributed by atoms with E-state index in [9.17, 15) is 0 Å². The zero-order valence-corrected chi connectivity index (χ0v) is 51.2. The van der Waals surface area contributed by atoms with E-state index in [1.807, 2.05) is 0 Å². The maximum atomic E-state index is 5.38. The van der Waals surface area contributed by atoms with Crippen molar-refractivity contribution in [3.05, 3.63) is 59.7 Å². The summed E-state index contributed by atoms with van der Waals surface area (Å²) in [4.78, 5) is 10.7. The van der Waals surface area contributed by atoms with Crippen LogP contribution in [-0.4, -0.2) is 11.4 Å². The fourth-order valence-electron chi connectivity index (χ4n) is 10.6. The summed E-state index contributed by atoms with van der Waals surface area (Å²) in [6, 6.07) is 17.4. The number of unbranched alkanes of at least 4 members (excludes halogenated alkanes) is 41. The van der Waals surface area contributed by atoms with Crippen molar-refractivity contribution in [2.45, 2.75) is 349 Å². The Morgan fingerprint density at radius 1 is 0.293 bits per heavy atom. The van der Waals surface area contributed by atoms with Crippen LogP contribution in [0.25, 0.3) is 0 Å². The van der Waals surface area contributed by atoms with E-state index >= 15 is 0 Å². The van der Waals surface area contributed by atoms with Gasteiger partial charge in [0.05, 0.1) is 22.8 Å². The maximum Gasteiger partial charge on any atom is 0.0666 e. The van der Waals surface area contributed by atoms with E-state index in [-0.39, 0.29) is 16.5 Å². The van der Waals surface area contributed by atoms with Crippen LogP contribution in [0, 0.1) is 23.7 Å². The average Bonchev–Trinajstić information content (AvgIpc) is 3.42. The van der Waals surface area contributed by atoms with Gasteiger partial charge in [-0.15, -0.1) is 23.7 Å². The van der Waals surface area contributed by atoms with E-state index in [2.05, 4.69) is 99.9 Å². The summed E-state index contributed by atoms with van der Waals surface area (Å²) in [7, 11) is 0. The third-order valence-corrected chi connectivity index (χ3v) is 15.5. The van der Waals surface area contributed by atoms with Gasteiger partial charge >= 0.3 is 0 Å². The Bertz CT molecular complexity index is 1730. The van der Waals surface area contributed by atoms with E-state index in [4.69, 9.17) is 9.98 Å². The van der Waals surface area contributed by atoms with Crippen LogP contribution in [0.4, 0.5) is 11.4 Å². The SMILES string of the molecule is CCCCCCCCCCCCCCCCCCCCCCC#CCCc1ccccc1N=C(CC)C(CCCC)=Nc1ccccc1CCC#CCCCCCCCCCCCCCCCCCCCCCC.[Ni]. The summed E-state index contributed by atoms with van der Waals surface area (Å²) >= 11 is 0. The summed E-state index contributed by atoms with van der Waals surface area (Å²) in [5.41, 5.74) is 6.99. The van der Waals surface area contributed by atoms with Crippen LogP contribution in [0.1, 0.15) is 347 Å². The molecule has 2 aromatic carbocycles. The molecule has 0 heterocycles. The van der Waals surface area contributed by atoms with Crippen molar-refractivity contribution in [3.8, 4) is 23.7 Å². The molecule has 0 unspecified atom stereocenters. The summed E-state index contributed by atoms with van der Waals surface area (Å²) in [6.45, 7) is 9.12. The number of hydrogen-bond acceptors (Lipinski definition) is 2. The molecule has 2 rings (SSSR count). The predicted molar refractivity (Wildman–Crippen MR) is 334 cm³/mol. The maximum absolute atomic E-state index is 5.38. The quantitative estimate of drug-likeness (QED) is 0.0273. The number of aryl methyl sites for hydroxylation is 2. The smallest absolute Gasteiger partial charge is 0.0666 e. The van der Waals surface area contributed by atoms with E-state index < -0.39 is 0 Å². The Labute approximate surface area is 478 Å². The topological polar surface area (TPSA) is 24.7 Å². The van der Waals surface area contributed by atoms with Gasteiger partial charge in [-0.05, 0) is 68.2 Å². The molecular weight excluding hydrogens is 951 g/mol. The number of benzene rings is 2. The average molecular weight is 1070 g/mol. The van der Waals surface area contributed by atoms with Gasteiger partial charge in [-0.1, -0.05) is 315 Å². The van der Waals surface area contributed by atoms with Crippen molar-refractivity contribution in [1.29, 1.82) is 0 Å². The van der Waals surface area contributed by atoms with Crippen LogP contribution in [0.15, 0.2) is 58.5 Å². The molecule has 0 amide bonds. The Morgan fingerprint density at radius 2 is 0.547 bits per heavy atom. The van der Waals surface area contributed by atoms with Gasteiger partial charge in [-0.3, -0.25) is 9.98 Å². The van der Waals surface area contributed by atoms with Crippen LogP contribution in [0.2, 0.25) is 0 Å². The minimum atomic E-state index is 0. The fourth-order valence-corrected chi connectivity index (χ4v) is 10.6. The minimum Gasteiger partial charge on any atom is -0.251 e. The molecule has 0 aliphatic carbocycles. The predicted octanol–water partition coefficient (Wildman–Crippen LogP) is 24.4. The van der Waals surface area contributed by atoms with Gasteiger partial charge in [-0.2, -0.15) is 0 Å². The van der Waals surface area contributed by atoms with Crippen LogP contribution in [0.3, 0.4) is 0 Å². The van der Waals surface area contributed by atoms with E-state index in [1.54, 1.807) is 0 Å². The van der Waals surface area contributed by atoms with Gasteiger partial charge < -0.3 is 0 Å². The molecule has 0 radical (unpaired) electrons. The molecule has 0 N–H and O–H groups in total. The summed E-state index contributed by atoms with van der Waals surface area (Å²) < 4.78 is 0. The van der Waals surface area contributed by atoms with Crippen molar-refractivity contribution in [2.75, 3.05) is 0 Å². The van der Waals surface area contributed by atoms with Crippen LogP contribution < -0.4 is 0 Å². The van der Waals surface area contributed by atoms with Crippen LogP contribution >= 0.6 is 0 Å². The number of hydrogen-bond donors (Lipinski definition) is 0. The summed E-state index contributed by atoms with van der Waals surface area (Å²) in [6.07, 6.45) is 66.7. The first-order chi connectivity index (χ1) is 36.7. The molecule has 0 aliphatic rings. The molecule has 75 heavy (non-hydrogen) atoms. The minimum absolute atomic E-state index is 0. The summed E-state index contributed by atoms with van der Waals surface area (Å²) in [5, 5.41) is 0. The van der Waals surface area contributed by atoms with Crippen LogP contribution in [0.5, 0.6) is 0 Å². The third kappa shape index (κ3) is 43.0. The largest absolute Gasteiger partial charge is 0.251 e. The van der Waals surface area contributed by atoms with E-state index in [0.29, 0.717) is 0 Å². The normalized spacial score (nSPS) is 11.6. The second-order valence-corrected chi connectivity index (χ2v) is 22.5. The van der Waals surface area contributed by atoms with Gasteiger partial charge in [0.25, 0.3) is 0 Å². The van der Waals surface area contributed by atoms with Gasteiger partial charge in [-0.25, -0.2) is 0 Å². The summed E-state index contributed by atoms with van der Waals surface area (Å²) in [5.74, 6) is 14.0. The molecule has 0 saturated heterocycles. The van der Waals surface area contributed by atoms with E-state index in [0.717, 1.165) is 87.0 Å². The van der Waals surface area contributed by atoms with Crippen molar-refractivity contribution < 1.29 is 16.5 Å². The second-order valence-electron chi connectivity index (χ2n) is 22.5. The van der Waals surface area contributed by atoms with Crippen molar-refractivity contribution in [1.82, 2.24) is 0 Å². The number of aliphatic imine (C=N–C) groups is 2. The Kier molecular flexibility index (Phi) is 52.7. The van der Waals surface area contributed by atoms with Crippen molar-refractivity contribution in [3.63, 3.8) is 0 Å². The first-order valence-electron chi connectivity index (χ1n) is 33.0. The molecule has 0 saturated carbocycles. The first-order valence-corrected chi connectivity index (χ1v) is 33.0. The van der Waals surface area contributed by atoms with Gasteiger partial charge in [0.2, 0.25) is 0 Å². The molecular formula is C72H120N2Ni.